The molecule has 0 spiro atoms. The zero-order valence-corrected chi connectivity index (χ0v) is 13.2. The normalized spacial score (nSPS) is 10.2. The zero-order chi connectivity index (χ0) is 16.9. The maximum atomic E-state index is 11.9. The molecule has 0 radical (unpaired) electrons. The van der Waals surface area contributed by atoms with Gasteiger partial charge in [-0.2, -0.15) is 4.98 Å². The summed E-state index contributed by atoms with van der Waals surface area (Å²) in [6.45, 7) is 1.79. The number of rotatable bonds is 5. The fourth-order valence-corrected chi connectivity index (χ4v) is 2.09. The molecule has 0 saturated carbocycles. The Hall–Kier alpha value is -3.35. The first-order valence-electron chi connectivity index (χ1n) is 7.25. The van der Waals surface area contributed by atoms with Crippen molar-refractivity contribution in [3.63, 3.8) is 0 Å². The predicted octanol–water partition coefficient (Wildman–Crippen LogP) is 3.38. The molecule has 2 N–H and O–H groups in total. The number of hydrogen-bond acceptors (Lipinski definition) is 6. The molecule has 24 heavy (non-hydrogen) atoms. The van der Waals surface area contributed by atoms with Gasteiger partial charge in [-0.05, 0) is 43.3 Å². The summed E-state index contributed by atoms with van der Waals surface area (Å²) in [5, 5.41) is 5.92. The largest absolute Gasteiger partial charge is 0.481 e. The second kappa shape index (κ2) is 6.82. The quantitative estimate of drug-likeness (QED) is 0.748. The molecule has 7 nitrogen and oxygen atoms in total. The van der Waals surface area contributed by atoms with E-state index in [2.05, 4.69) is 20.6 Å². The lowest BCUT2D eigenvalue weighted by Crippen LogP contribution is -2.10. The fourth-order valence-electron chi connectivity index (χ4n) is 2.09. The molecule has 0 bridgehead atoms. The lowest BCUT2D eigenvalue weighted by Gasteiger charge is -2.09. The van der Waals surface area contributed by atoms with Crippen molar-refractivity contribution < 1.29 is 13.9 Å². The van der Waals surface area contributed by atoms with Crippen LogP contribution < -0.4 is 15.4 Å². The smallest absolute Gasteiger partial charge is 0.291 e. The van der Waals surface area contributed by atoms with Gasteiger partial charge >= 0.3 is 0 Å². The van der Waals surface area contributed by atoms with Crippen LogP contribution in [0.1, 0.15) is 16.4 Å². The SMILES string of the molecule is COc1cc(Nc2ccc(NC(=O)c3ccco3)cc2)nc(C)n1. The molecule has 1 aromatic carbocycles. The van der Waals surface area contributed by atoms with Crippen molar-refractivity contribution in [1.29, 1.82) is 0 Å². The maximum absolute atomic E-state index is 11.9. The van der Waals surface area contributed by atoms with Crippen molar-refractivity contribution in [2.75, 3.05) is 17.7 Å². The average Bonchev–Trinajstić information content (AvgIpc) is 3.11. The van der Waals surface area contributed by atoms with Crippen molar-refractivity contribution in [1.82, 2.24) is 9.97 Å². The van der Waals surface area contributed by atoms with Crippen LogP contribution in [0.5, 0.6) is 5.88 Å². The van der Waals surface area contributed by atoms with Crippen LogP contribution in [0.2, 0.25) is 0 Å². The van der Waals surface area contributed by atoms with Crippen molar-refractivity contribution in [2.24, 2.45) is 0 Å². The number of benzene rings is 1. The van der Waals surface area contributed by atoms with E-state index in [4.69, 9.17) is 9.15 Å². The Morgan fingerprint density at radius 2 is 1.88 bits per heavy atom. The van der Waals surface area contributed by atoms with Crippen LogP contribution in [0.3, 0.4) is 0 Å². The number of hydrogen-bond donors (Lipinski definition) is 2. The molecule has 0 aliphatic rings. The highest BCUT2D eigenvalue weighted by Crippen LogP contribution is 2.20. The Labute approximate surface area is 138 Å². The lowest BCUT2D eigenvalue weighted by molar-refractivity contribution is 0.0996. The number of carbonyl (C=O) groups excluding carboxylic acids is 1. The second-order valence-electron chi connectivity index (χ2n) is 4.98. The molecule has 122 valence electrons. The Bertz CT molecular complexity index is 830. The first-order valence-corrected chi connectivity index (χ1v) is 7.25. The highest BCUT2D eigenvalue weighted by molar-refractivity contribution is 6.02. The van der Waals surface area contributed by atoms with Gasteiger partial charge < -0.3 is 19.8 Å². The van der Waals surface area contributed by atoms with Gasteiger partial charge in [-0.1, -0.05) is 0 Å². The topological polar surface area (TPSA) is 89.3 Å². The Morgan fingerprint density at radius 1 is 1.12 bits per heavy atom. The van der Waals surface area contributed by atoms with Crippen LogP contribution in [0.25, 0.3) is 0 Å². The summed E-state index contributed by atoms with van der Waals surface area (Å²) < 4.78 is 10.2. The second-order valence-corrected chi connectivity index (χ2v) is 4.98. The van der Waals surface area contributed by atoms with Crippen molar-refractivity contribution in [3.8, 4) is 5.88 Å². The lowest BCUT2D eigenvalue weighted by atomic mass is 10.2. The van der Waals surface area contributed by atoms with E-state index < -0.39 is 0 Å². The number of amides is 1. The van der Waals surface area contributed by atoms with Crippen LogP contribution in [-0.2, 0) is 0 Å². The number of carbonyl (C=O) groups is 1. The monoisotopic (exact) mass is 324 g/mol. The summed E-state index contributed by atoms with van der Waals surface area (Å²) in [6.07, 6.45) is 1.46. The molecule has 0 atom stereocenters. The molecule has 7 heteroatoms. The number of anilines is 3. The van der Waals surface area contributed by atoms with E-state index in [-0.39, 0.29) is 11.7 Å². The van der Waals surface area contributed by atoms with E-state index in [1.54, 1.807) is 44.4 Å². The average molecular weight is 324 g/mol. The minimum atomic E-state index is -0.295. The molecule has 2 heterocycles. The molecular weight excluding hydrogens is 308 g/mol. The van der Waals surface area contributed by atoms with Crippen LogP contribution >= 0.6 is 0 Å². The number of nitrogens with one attached hydrogen (secondary N) is 2. The van der Waals surface area contributed by atoms with Gasteiger partial charge in [-0.3, -0.25) is 4.79 Å². The van der Waals surface area contributed by atoms with Crippen molar-refractivity contribution in [3.05, 3.63) is 60.3 Å². The van der Waals surface area contributed by atoms with Gasteiger partial charge in [0.2, 0.25) is 5.88 Å². The predicted molar refractivity (Wildman–Crippen MR) is 89.7 cm³/mol. The number of aromatic nitrogens is 2. The first kappa shape index (κ1) is 15.5. The number of ether oxygens (including phenoxy) is 1. The summed E-state index contributed by atoms with van der Waals surface area (Å²) in [4.78, 5) is 20.3. The highest BCUT2D eigenvalue weighted by atomic mass is 16.5. The number of aryl methyl sites for hydroxylation is 1. The summed E-state index contributed by atoms with van der Waals surface area (Å²) in [6, 6.07) is 12.2. The summed E-state index contributed by atoms with van der Waals surface area (Å²) in [5.41, 5.74) is 1.49. The van der Waals surface area contributed by atoms with E-state index in [9.17, 15) is 4.79 Å². The van der Waals surface area contributed by atoms with Gasteiger partial charge in [0.05, 0.1) is 13.4 Å². The van der Waals surface area contributed by atoms with Crippen molar-refractivity contribution in [2.45, 2.75) is 6.92 Å². The van der Waals surface area contributed by atoms with E-state index in [1.807, 2.05) is 12.1 Å². The highest BCUT2D eigenvalue weighted by Gasteiger charge is 2.08. The third kappa shape index (κ3) is 3.70. The Morgan fingerprint density at radius 3 is 2.54 bits per heavy atom. The molecule has 3 aromatic rings. The van der Waals surface area contributed by atoms with Gasteiger partial charge in [0.15, 0.2) is 5.76 Å². The maximum Gasteiger partial charge on any atom is 0.291 e. The van der Waals surface area contributed by atoms with Gasteiger partial charge in [0.25, 0.3) is 5.91 Å². The van der Waals surface area contributed by atoms with E-state index in [1.165, 1.54) is 6.26 Å². The van der Waals surface area contributed by atoms with E-state index in [0.29, 0.717) is 23.2 Å². The summed E-state index contributed by atoms with van der Waals surface area (Å²) in [7, 11) is 1.56. The fraction of sp³-hybridized carbons (Fsp3) is 0.118. The number of methoxy groups -OCH3 is 1. The van der Waals surface area contributed by atoms with Crippen molar-refractivity contribution >= 4 is 23.1 Å². The molecule has 3 rings (SSSR count). The minimum absolute atomic E-state index is 0.265. The van der Waals surface area contributed by atoms with Gasteiger partial charge in [0, 0.05) is 17.4 Å². The summed E-state index contributed by atoms with van der Waals surface area (Å²) >= 11 is 0. The van der Waals surface area contributed by atoms with Crippen LogP contribution in [0.15, 0.2) is 53.1 Å². The summed E-state index contributed by atoms with van der Waals surface area (Å²) in [5.74, 6) is 1.70. The number of nitrogens with zero attached hydrogens (tertiary/aromatic N) is 2. The Balaban J connectivity index is 1.68. The third-order valence-electron chi connectivity index (χ3n) is 3.18. The van der Waals surface area contributed by atoms with Crippen LogP contribution in [-0.4, -0.2) is 23.0 Å². The molecule has 0 unspecified atom stereocenters. The number of furan rings is 1. The van der Waals surface area contributed by atoms with Gasteiger partial charge in [-0.15, -0.1) is 0 Å². The molecule has 0 fully saturated rings. The standard InChI is InChI=1S/C17H16N4O3/c1-11-18-15(10-16(19-11)23-2)20-12-5-7-13(8-6-12)21-17(22)14-4-3-9-24-14/h3-10H,1-2H3,(H,21,22)(H,18,19,20). The van der Waals surface area contributed by atoms with Crippen LogP contribution in [0.4, 0.5) is 17.2 Å². The van der Waals surface area contributed by atoms with Crippen LogP contribution in [0, 0.1) is 6.92 Å². The molecular formula is C17H16N4O3. The molecule has 1 amide bonds. The molecule has 2 aromatic heterocycles. The molecule has 0 saturated heterocycles. The first-order chi connectivity index (χ1) is 11.6. The van der Waals surface area contributed by atoms with E-state index >= 15 is 0 Å². The van der Waals surface area contributed by atoms with E-state index in [0.717, 1.165) is 5.69 Å². The molecule has 0 aliphatic carbocycles. The van der Waals surface area contributed by atoms with Gasteiger partial charge in [0.1, 0.15) is 11.6 Å². The third-order valence-corrected chi connectivity index (χ3v) is 3.18. The minimum Gasteiger partial charge on any atom is -0.481 e. The Kier molecular flexibility index (Phi) is 4.42. The molecule has 0 aliphatic heterocycles. The van der Waals surface area contributed by atoms with Gasteiger partial charge in [-0.25, -0.2) is 4.98 Å². The zero-order valence-electron chi connectivity index (χ0n) is 13.2.